The average Bonchev–Trinajstić information content (AvgIpc) is 2.22. The number of ether oxygens (including phenoxy) is 1. The Bertz CT molecular complexity index is 214. The molecule has 0 saturated carbocycles. The molecule has 0 atom stereocenters. The summed E-state index contributed by atoms with van der Waals surface area (Å²) >= 11 is 5.75. The van der Waals surface area contributed by atoms with Crippen LogP contribution in [0.1, 0.15) is 33.3 Å². The first-order chi connectivity index (χ1) is 6.72. The molecule has 1 rings (SSSR count). The van der Waals surface area contributed by atoms with Crippen molar-refractivity contribution in [2.24, 2.45) is 0 Å². The molecule has 0 spiro atoms. The number of aryl methyl sites for hydroxylation is 1. The summed E-state index contributed by atoms with van der Waals surface area (Å²) in [6, 6.07) is 5.62. The van der Waals surface area contributed by atoms with E-state index in [2.05, 4.69) is 0 Å². The highest BCUT2D eigenvalue weighted by atomic mass is 35.5. The van der Waals surface area contributed by atoms with Gasteiger partial charge in [0, 0.05) is 5.02 Å². The fourth-order valence-corrected chi connectivity index (χ4v) is 1.10. The van der Waals surface area contributed by atoms with Crippen LogP contribution in [0.15, 0.2) is 18.2 Å². The predicted molar refractivity (Wildman–Crippen MR) is 65.4 cm³/mol. The Balaban J connectivity index is 0. The lowest BCUT2D eigenvalue weighted by molar-refractivity contribution is 0.414. The molecule has 0 fully saturated rings. The molecular formula is C12H21ClO. The second-order valence-electron chi connectivity index (χ2n) is 2.17. The van der Waals surface area contributed by atoms with Crippen LogP contribution in [0.5, 0.6) is 5.75 Å². The normalized spacial score (nSPS) is 7.64. The van der Waals surface area contributed by atoms with Crippen molar-refractivity contribution < 1.29 is 4.74 Å². The van der Waals surface area contributed by atoms with E-state index in [1.165, 1.54) is 0 Å². The van der Waals surface area contributed by atoms with Crippen molar-refractivity contribution in [1.82, 2.24) is 0 Å². The van der Waals surface area contributed by atoms with E-state index in [9.17, 15) is 0 Å². The quantitative estimate of drug-likeness (QED) is 0.661. The summed E-state index contributed by atoms with van der Waals surface area (Å²) in [6.07, 6.45) is 0. The van der Waals surface area contributed by atoms with Gasteiger partial charge in [-0.05, 0) is 30.7 Å². The first kappa shape index (κ1) is 15.8. The van der Waals surface area contributed by atoms with Crippen molar-refractivity contribution >= 4 is 11.6 Å². The molecule has 1 aromatic rings. The molecule has 0 heterocycles. The van der Waals surface area contributed by atoms with Crippen molar-refractivity contribution in [3.05, 3.63) is 28.8 Å². The summed E-state index contributed by atoms with van der Waals surface area (Å²) in [5.41, 5.74) is 1.12. The topological polar surface area (TPSA) is 9.23 Å². The molecule has 0 aromatic heterocycles. The van der Waals surface area contributed by atoms with Crippen LogP contribution < -0.4 is 4.74 Å². The predicted octanol–water partition coefficient (Wildman–Crippen LogP) is 4.71. The summed E-state index contributed by atoms with van der Waals surface area (Å²) in [7, 11) is 1.63. The maximum absolute atomic E-state index is 5.75. The van der Waals surface area contributed by atoms with E-state index in [-0.39, 0.29) is 0 Å². The lowest BCUT2D eigenvalue weighted by Crippen LogP contribution is -1.82. The molecule has 0 aliphatic heterocycles. The summed E-state index contributed by atoms with van der Waals surface area (Å²) in [5, 5.41) is 0.719. The minimum absolute atomic E-state index is 0.719. The van der Waals surface area contributed by atoms with Gasteiger partial charge in [-0.1, -0.05) is 39.3 Å². The highest BCUT2D eigenvalue weighted by Crippen LogP contribution is 2.19. The number of methoxy groups -OCH3 is 1. The largest absolute Gasteiger partial charge is 0.497 e. The van der Waals surface area contributed by atoms with Crippen LogP contribution in [0, 0.1) is 6.92 Å². The van der Waals surface area contributed by atoms with Gasteiger partial charge in [0.05, 0.1) is 7.11 Å². The van der Waals surface area contributed by atoms with Crippen LogP contribution in [0.2, 0.25) is 5.02 Å². The molecule has 0 N–H and O–H groups in total. The summed E-state index contributed by atoms with van der Waals surface area (Å²) in [4.78, 5) is 0. The zero-order chi connectivity index (χ0) is 11.6. The van der Waals surface area contributed by atoms with Gasteiger partial charge in [-0.15, -0.1) is 0 Å². The molecule has 0 aliphatic carbocycles. The molecule has 0 radical (unpaired) electrons. The van der Waals surface area contributed by atoms with Crippen molar-refractivity contribution in [3.63, 3.8) is 0 Å². The summed E-state index contributed by atoms with van der Waals surface area (Å²) < 4.78 is 4.99. The standard InChI is InChI=1S/C8H9ClO.2C2H6/c1-6-3-7(9)5-8(4-6)10-2;2*1-2/h3-5H,1-2H3;2*1-2H3. The molecule has 2 heteroatoms. The highest BCUT2D eigenvalue weighted by molar-refractivity contribution is 6.30. The minimum Gasteiger partial charge on any atom is -0.497 e. The van der Waals surface area contributed by atoms with Gasteiger partial charge in [-0.3, -0.25) is 0 Å². The van der Waals surface area contributed by atoms with E-state index in [1.54, 1.807) is 13.2 Å². The molecule has 14 heavy (non-hydrogen) atoms. The third-order valence-corrected chi connectivity index (χ3v) is 1.47. The Morgan fingerprint density at radius 2 is 1.50 bits per heavy atom. The van der Waals surface area contributed by atoms with E-state index >= 15 is 0 Å². The zero-order valence-electron chi connectivity index (χ0n) is 10.0. The summed E-state index contributed by atoms with van der Waals surface area (Å²) in [6.45, 7) is 9.98. The molecule has 0 saturated heterocycles. The number of hydrogen-bond acceptors (Lipinski definition) is 1. The van der Waals surface area contributed by atoms with Gasteiger partial charge in [0.25, 0.3) is 0 Å². The van der Waals surface area contributed by atoms with E-state index in [0.717, 1.165) is 16.3 Å². The van der Waals surface area contributed by atoms with Gasteiger partial charge in [-0.2, -0.15) is 0 Å². The van der Waals surface area contributed by atoms with Gasteiger partial charge in [0.2, 0.25) is 0 Å². The van der Waals surface area contributed by atoms with E-state index < -0.39 is 0 Å². The Morgan fingerprint density at radius 1 is 1.00 bits per heavy atom. The fourth-order valence-electron chi connectivity index (χ4n) is 0.821. The lowest BCUT2D eigenvalue weighted by atomic mass is 10.2. The van der Waals surface area contributed by atoms with E-state index in [4.69, 9.17) is 16.3 Å². The lowest BCUT2D eigenvalue weighted by Gasteiger charge is -2.00. The SMILES string of the molecule is CC.CC.COc1cc(C)cc(Cl)c1. The fraction of sp³-hybridized carbons (Fsp3) is 0.500. The van der Waals surface area contributed by atoms with Crippen molar-refractivity contribution in [2.45, 2.75) is 34.6 Å². The Hall–Kier alpha value is -0.690. The van der Waals surface area contributed by atoms with Crippen molar-refractivity contribution in [2.75, 3.05) is 7.11 Å². The Labute approximate surface area is 93.0 Å². The first-order valence-corrected chi connectivity index (χ1v) is 5.41. The first-order valence-electron chi connectivity index (χ1n) is 5.03. The molecule has 0 aliphatic rings. The summed E-state index contributed by atoms with van der Waals surface area (Å²) in [5.74, 6) is 0.810. The second kappa shape index (κ2) is 10.4. The number of halogens is 1. The van der Waals surface area contributed by atoms with Gasteiger partial charge in [0.1, 0.15) is 5.75 Å². The second-order valence-corrected chi connectivity index (χ2v) is 2.60. The number of rotatable bonds is 1. The maximum atomic E-state index is 5.75. The van der Waals surface area contributed by atoms with Gasteiger partial charge >= 0.3 is 0 Å². The average molecular weight is 217 g/mol. The van der Waals surface area contributed by atoms with Crippen LogP contribution in [-0.2, 0) is 0 Å². The van der Waals surface area contributed by atoms with Crippen LogP contribution in [0.3, 0.4) is 0 Å². The third kappa shape index (κ3) is 6.79. The monoisotopic (exact) mass is 216 g/mol. The van der Waals surface area contributed by atoms with Gasteiger partial charge in [0.15, 0.2) is 0 Å². The van der Waals surface area contributed by atoms with Crippen LogP contribution >= 0.6 is 11.6 Å². The van der Waals surface area contributed by atoms with Crippen LogP contribution in [-0.4, -0.2) is 7.11 Å². The van der Waals surface area contributed by atoms with Crippen LogP contribution in [0.25, 0.3) is 0 Å². The molecule has 82 valence electrons. The molecule has 1 aromatic carbocycles. The van der Waals surface area contributed by atoms with Gasteiger partial charge < -0.3 is 4.74 Å². The number of benzene rings is 1. The number of hydrogen-bond donors (Lipinski definition) is 0. The van der Waals surface area contributed by atoms with Gasteiger partial charge in [-0.25, -0.2) is 0 Å². The molecule has 0 unspecified atom stereocenters. The van der Waals surface area contributed by atoms with Crippen molar-refractivity contribution in [3.8, 4) is 5.75 Å². The Morgan fingerprint density at radius 3 is 1.86 bits per heavy atom. The maximum Gasteiger partial charge on any atom is 0.120 e. The molecule has 0 amide bonds. The third-order valence-electron chi connectivity index (χ3n) is 1.25. The minimum atomic E-state index is 0.719. The molecular weight excluding hydrogens is 196 g/mol. The zero-order valence-corrected chi connectivity index (χ0v) is 10.8. The highest BCUT2D eigenvalue weighted by Gasteiger charge is 1.93. The Kier molecular flexibility index (Phi) is 11.7. The van der Waals surface area contributed by atoms with Crippen LogP contribution in [0.4, 0.5) is 0 Å². The molecule has 0 bridgehead atoms. The van der Waals surface area contributed by atoms with E-state index in [1.807, 2.05) is 46.8 Å². The van der Waals surface area contributed by atoms with Crippen molar-refractivity contribution in [1.29, 1.82) is 0 Å². The smallest absolute Gasteiger partial charge is 0.120 e. The van der Waals surface area contributed by atoms with E-state index in [0.29, 0.717) is 0 Å². The molecule has 1 nitrogen and oxygen atoms in total.